The number of hydrogen-bond donors (Lipinski definition) is 1. The van der Waals surface area contributed by atoms with Gasteiger partial charge in [0.2, 0.25) is 0 Å². The lowest BCUT2D eigenvalue weighted by atomic mass is 9.95. The molecule has 2 aromatic rings. The summed E-state index contributed by atoms with van der Waals surface area (Å²) in [6, 6.07) is 8.33. The number of imidazole rings is 1. The molecule has 0 aliphatic carbocycles. The van der Waals surface area contributed by atoms with Crippen LogP contribution in [0.3, 0.4) is 0 Å². The van der Waals surface area contributed by atoms with E-state index in [0.29, 0.717) is 0 Å². The Balaban J connectivity index is 1.93. The maximum atomic E-state index is 10.6. The van der Waals surface area contributed by atoms with E-state index in [1.807, 2.05) is 34.7 Å². The van der Waals surface area contributed by atoms with Crippen LogP contribution in [0.15, 0.2) is 41.6 Å². The molecule has 3 nitrogen and oxygen atoms in total. The highest BCUT2D eigenvalue weighted by molar-refractivity contribution is 7.99. The van der Waals surface area contributed by atoms with Crippen molar-refractivity contribution in [3.8, 4) is 0 Å². The van der Waals surface area contributed by atoms with E-state index in [1.54, 1.807) is 6.20 Å². The molecule has 1 aromatic heterocycles. The number of rotatable bonds is 3. The topological polar surface area (TPSA) is 38.0 Å². The highest BCUT2D eigenvalue weighted by atomic mass is 32.2. The molecule has 0 radical (unpaired) electrons. The van der Waals surface area contributed by atoms with Gasteiger partial charge in [-0.05, 0) is 18.6 Å². The van der Waals surface area contributed by atoms with E-state index >= 15 is 0 Å². The molecule has 0 amide bonds. The highest BCUT2D eigenvalue weighted by Gasteiger charge is 2.31. The van der Waals surface area contributed by atoms with Crippen LogP contribution >= 0.6 is 11.8 Å². The van der Waals surface area contributed by atoms with Crippen molar-refractivity contribution in [2.75, 3.05) is 5.75 Å². The molecule has 2 heterocycles. The van der Waals surface area contributed by atoms with Gasteiger partial charge < -0.3 is 9.67 Å². The van der Waals surface area contributed by atoms with E-state index in [1.165, 1.54) is 10.5 Å². The van der Waals surface area contributed by atoms with Crippen LogP contribution in [0.4, 0.5) is 0 Å². The van der Waals surface area contributed by atoms with Gasteiger partial charge in [0.05, 0.1) is 0 Å². The van der Waals surface area contributed by atoms with Crippen LogP contribution in [0.1, 0.15) is 30.3 Å². The largest absolute Gasteiger partial charge is 0.384 e. The van der Waals surface area contributed by atoms with Crippen molar-refractivity contribution < 1.29 is 5.11 Å². The van der Waals surface area contributed by atoms with Crippen LogP contribution in [0.5, 0.6) is 0 Å². The normalized spacial score (nSPS) is 19.8. The molecule has 4 heteroatoms. The van der Waals surface area contributed by atoms with Crippen LogP contribution in [-0.2, 0) is 6.54 Å². The zero-order valence-electron chi connectivity index (χ0n) is 10.3. The lowest BCUT2D eigenvalue weighted by Gasteiger charge is -2.19. The second-order valence-electron chi connectivity index (χ2n) is 4.47. The standard InChI is InChI=1S/C14H16N2OS/c1-2-16-8-7-15-14(16)13(17)11-9-18-12-6-4-3-5-10(11)12/h3-8,11,13,17H,2,9H2,1H3. The SMILES string of the molecule is CCn1ccnc1C(O)C1CSc2ccccc21. The first kappa shape index (κ1) is 11.8. The molecule has 2 atom stereocenters. The highest BCUT2D eigenvalue weighted by Crippen LogP contribution is 2.45. The molecule has 0 spiro atoms. The number of aromatic nitrogens is 2. The summed E-state index contributed by atoms with van der Waals surface area (Å²) < 4.78 is 2.01. The number of aliphatic hydroxyl groups excluding tert-OH is 1. The minimum atomic E-state index is -0.518. The van der Waals surface area contributed by atoms with Crippen molar-refractivity contribution in [2.45, 2.75) is 30.4 Å². The molecular weight excluding hydrogens is 244 g/mol. The Hall–Kier alpha value is -1.26. The minimum Gasteiger partial charge on any atom is -0.384 e. The van der Waals surface area contributed by atoms with Gasteiger partial charge in [-0.1, -0.05) is 18.2 Å². The Morgan fingerprint density at radius 1 is 1.50 bits per heavy atom. The van der Waals surface area contributed by atoms with Gasteiger partial charge in [-0.2, -0.15) is 0 Å². The van der Waals surface area contributed by atoms with Crippen LogP contribution in [0, 0.1) is 0 Å². The minimum absolute atomic E-state index is 0.152. The summed E-state index contributed by atoms with van der Waals surface area (Å²) in [5, 5.41) is 10.6. The van der Waals surface area contributed by atoms with Crippen LogP contribution < -0.4 is 0 Å². The molecule has 1 aliphatic rings. The van der Waals surface area contributed by atoms with Crippen LogP contribution in [0.2, 0.25) is 0 Å². The smallest absolute Gasteiger partial charge is 0.138 e. The first-order chi connectivity index (χ1) is 8.81. The Morgan fingerprint density at radius 3 is 3.17 bits per heavy atom. The monoisotopic (exact) mass is 260 g/mol. The van der Waals surface area contributed by atoms with Crippen LogP contribution in [0.25, 0.3) is 0 Å². The molecule has 18 heavy (non-hydrogen) atoms. The molecule has 0 saturated heterocycles. The molecule has 1 aromatic carbocycles. The summed E-state index contributed by atoms with van der Waals surface area (Å²) in [7, 11) is 0. The van der Waals surface area contributed by atoms with Gasteiger partial charge in [0, 0.05) is 35.5 Å². The van der Waals surface area contributed by atoms with Gasteiger partial charge in [-0.25, -0.2) is 4.98 Å². The van der Waals surface area contributed by atoms with Crippen molar-refractivity contribution in [1.82, 2.24) is 9.55 Å². The lowest BCUT2D eigenvalue weighted by molar-refractivity contribution is 0.140. The van der Waals surface area contributed by atoms with Gasteiger partial charge in [0.25, 0.3) is 0 Å². The van der Waals surface area contributed by atoms with E-state index in [9.17, 15) is 5.11 Å². The average molecular weight is 260 g/mol. The second kappa shape index (κ2) is 4.78. The lowest BCUT2D eigenvalue weighted by Crippen LogP contribution is -2.15. The third-order valence-corrected chi connectivity index (χ3v) is 4.68. The molecule has 1 N–H and O–H groups in total. The molecule has 0 saturated carbocycles. The van der Waals surface area contributed by atoms with Gasteiger partial charge >= 0.3 is 0 Å². The second-order valence-corrected chi connectivity index (χ2v) is 5.53. The van der Waals surface area contributed by atoms with Crippen molar-refractivity contribution in [2.24, 2.45) is 0 Å². The predicted octanol–water partition coefficient (Wildman–Crippen LogP) is 2.83. The fourth-order valence-electron chi connectivity index (χ4n) is 2.48. The molecule has 0 fully saturated rings. The molecule has 0 bridgehead atoms. The Morgan fingerprint density at radius 2 is 2.33 bits per heavy atom. The first-order valence-corrected chi connectivity index (χ1v) is 7.20. The summed E-state index contributed by atoms with van der Waals surface area (Å²) in [5.74, 6) is 1.86. The van der Waals surface area contributed by atoms with Gasteiger partial charge in [0.15, 0.2) is 0 Å². The maximum absolute atomic E-state index is 10.6. The molecular formula is C14H16N2OS. The predicted molar refractivity (Wildman–Crippen MR) is 72.8 cm³/mol. The van der Waals surface area contributed by atoms with Gasteiger partial charge in [0.1, 0.15) is 11.9 Å². The fourth-order valence-corrected chi connectivity index (χ4v) is 3.77. The summed E-state index contributed by atoms with van der Waals surface area (Å²) in [5.41, 5.74) is 1.25. The van der Waals surface area contributed by atoms with Crippen molar-refractivity contribution in [3.63, 3.8) is 0 Å². The van der Waals surface area contributed by atoms with Gasteiger partial charge in [-0.3, -0.25) is 0 Å². The first-order valence-electron chi connectivity index (χ1n) is 6.22. The molecule has 2 unspecified atom stereocenters. The quantitative estimate of drug-likeness (QED) is 0.922. The number of hydrogen-bond acceptors (Lipinski definition) is 3. The number of thioether (sulfide) groups is 1. The van der Waals surface area contributed by atoms with Crippen molar-refractivity contribution in [3.05, 3.63) is 48.0 Å². The fraction of sp³-hybridized carbons (Fsp3) is 0.357. The summed E-state index contributed by atoms with van der Waals surface area (Å²) in [6.45, 7) is 2.91. The molecule has 1 aliphatic heterocycles. The Kier molecular flexibility index (Phi) is 3.14. The van der Waals surface area contributed by atoms with Crippen molar-refractivity contribution in [1.29, 1.82) is 0 Å². The number of fused-ring (bicyclic) bond motifs is 1. The van der Waals surface area contributed by atoms with Gasteiger partial charge in [-0.15, -0.1) is 11.8 Å². The zero-order valence-corrected chi connectivity index (χ0v) is 11.1. The van der Waals surface area contributed by atoms with Crippen molar-refractivity contribution >= 4 is 11.8 Å². The van der Waals surface area contributed by atoms with E-state index in [2.05, 4.69) is 24.0 Å². The summed E-state index contributed by atoms with van der Waals surface area (Å²) >= 11 is 1.82. The number of aliphatic hydroxyl groups is 1. The molecule has 94 valence electrons. The summed E-state index contributed by atoms with van der Waals surface area (Å²) in [6.07, 6.45) is 3.17. The maximum Gasteiger partial charge on any atom is 0.138 e. The van der Waals surface area contributed by atoms with E-state index < -0.39 is 6.10 Å². The van der Waals surface area contributed by atoms with E-state index in [4.69, 9.17) is 0 Å². The summed E-state index contributed by atoms with van der Waals surface area (Å²) in [4.78, 5) is 5.60. The van der Waals surface area contributed by atoms with E-state index in [0.717, 1.165) is 18.1 Å². The average Bonchev–Trinajstić information content (AvgIpc) is 3.04. The zero-order chi connectivity index (χ0) is 12.5. The Labute approximate surface area is 111 Å². The number of aryl methyl sites for hydroxylation is 1. The van der Waals surface area contributed by atoms with Crippen LogP contribution in [-0.4, -0.2) is 20.4 Å². The number of nitrogens with zero attached hydrogens (tertiary/aromatic N) is 2. The van der Waals surface area contributed by atoms with E-state index in [-0.39, 0.29) is 5.92 Å². The number of benzene rings is 1. The third kappa shape index (κ3) is 1.85. The third-order valence-electron chi connectivity index (χ3n) is 3.47. The molecule has 3 rings (SSSR count). The Bertz CT molecular complexity index is 552.